The van der Waals surface area contributed by atoms with Crippen LogP contribution < -0.4 is 5.32 Å². The molecular formula is C17H27NO4. The number of aliphatic carboxylic acids is 1. The van der Waals surface area contributed by atoms with Gasteiger partial charge in [0, 0.05) is 6.42 Å². The number of carbonyl (C=O) groups is 2. The Kier molecular flexibility index (Phi) is 8.23. The molecule has 1 unspecified atom stereocenters. The summed E-state index contributed by atoms with van der Waals surface area (Å²) in [4.78, 5) is 22.9. The highest BCUT2D eigenvalue weighted by Crippen LogP contribution is 2.10. The van der Waals surface area contributed by atoms with Gasteiger partial charge in [-0.2, -0.15) is 0 Å². The minimum absolute atomic E-state index is 0.219. The lowest BCUT2D eigenvalue weighted by Crippen LogP contribution is -2.44. The molecule has 1 aromatic rings. The van der Waals surface area contributed by atoms with Gasteiger partial charge in [-0.05, 0) is 33.3 Å². The van der Waals surface area contributed by atoms with Crippen molar-refractivity contribution < 1.29 is 19.4 Å². The van der Waals surface area contributed by atoms with Gasteiger partial charge in [-0.25, -0.2) is 9.59 Å². The van der Waals surface area contributed by atoms with E-state index in [4.69, 9.17) is 4.74 Å². The first-order valence-electron chi connectivity index (χ1n) is 7.45. The third-order valence-corrected chi connectivity index (χ3v) is 2.51. The molecule has 1 atom stereocenters. The molecule has 0 heterocycles. The van der Waals surface area contributed by atoms with E-state index in [0.29, 0.717) is 0 Å². The fraction of sp³-hybridized carbons (Fsp3) is 0.529. The number of carbonyl (C=O) groups excluding carboxylic acids is 1. The second-order valence-electron chi connectivity index (χ2n) is 5.73. The zero-order valence-electron chi connectivity index (χ0n) is 14.3. The van der Waals surface area contributed by atoms with Crippen LogP contribution in [-0.2, 0) is 16.0 Å². The minimum atomic E-state index is -1.09. The van der Waals surface area contributed by atoms with E-state index in [0.717, 1.165) is 11.1 Å². The number of hydrogen-bond donors (Lipinski definition) is 2. The summed E-state index contributed by atoms with van der Waals surface area (Å²) in [6, 6.07) is 6.51. The SMILES string of the molecule is CC.Cc1cccc(CC(NC(=O)OC(C)(C)C)C(=O)O)c1. The van der Waals surface area contributed by atoms with Crippen LogP contribution in [0, 0.1) is 6.92 Å². The standard InChI is InChI=1S/C15H21NO4.C2H6/c1-10-6-5-7-11(8-10)9-12(13(17)18)16-14(19)20-15(2,3)4;1-2/h5-8,12H,9H2,1-4H3,(H,16,19)(H,17,18);1-2H3. The van der Waals surface area contributed by atoms with Gasteiger partial charge in [0.2, 0.25) is 0 Å². The molecule has 0 radical (unpaired) electrons. The lowest BCUT2D eigenvalue weighted by molar-refractivity contribution is -0.139. The van der Waals surface area contributed by atoms with E-state index in [2.05, 4.69) is 5.32 Å². The summed E-state index contributed by atoms with van der Waals surface area (Å²) in [7, 11) is 0. The third-order valence-electron chi connectivity index (χ3n) is 2.51. The lowest BCUT2D eigenvalue weighted by Gasteiger charge is -2.22. The van der Waals surface area contributed by atoms with Crippen molar-refractivity contribution in [2.45, 2.75) is 59.6 Å². The number of alkyl carbamates (subject to hydrolysis) is 1. The Labute approximate surface area is 132 Å². The van der Waals surface area contributed by atoms with Crippen molar-refractivity contribution in [3.8, 4) is 0 Å². The van der Waals surface area contributed by atoms with Gasteiger partial charge in [0.25, 0.3) is 0 Å². The number of nitrogens with one attached hydrogen (secondary N) is 1. The Balaban J connectivity index is 0.00000211. The molecule has 0 bridgehead atoms. The molecule has 0 aliphatic heterocycles. The van der Waals surface area contributed by atoms with E-state index in [1.807, 2.05) is 45.0 Å². The molecule has 5 heteroatoms. The van der Waals surface area contributed by atoms with Crippen molar-refractivity contribution in [1.29, 1.82) is 0 Å². The Morgan fingerprint density at radius 3 is 2.32 bits per heavy atom. The molecular weight excluding hydrogens is 282 g/mol. The molecule has 124 valence electrons. The summed E-state index contributed by atoms with van der Waals surface area (Å²) in [5.74, 6) is -1.09. The summed E-state index contributed by atoms with van der Waals surface area (Å²) >= 11 is 0. The van der Waals surface area contributed by atoms with Crippen LogP contribution in [0.2, 0.25) is 0 Å². The topological polar surface area (TPSA) is 75.6 Å². The van der Waals surface area contributed by atoms with Gasteiger partial charge in [0.15, 0.2) is 0 Å². The maximum Gasteiger partial charge on any atom is 0.408 e. The Hall–Kier alpha value is -2.04. The second kappa shape index (κ2) is 9.07. The van der Waals surface area contributed by atoms with Crippen molar-refractivity contribution in [1.82, 2.24) is 5.32 Å². The van der Waals surface area contributed by atoms with Crippen LogP contribution in [0.15, 0.2) is 24.3 Å². The fourth-order valence-electron chi connectivity index (χ4n) is 1.72. The number of rotatable bonds is 4. The van der Waals surface area contributed by atoms with Gasteiger partial charge in [-0.1, -0.05) is 43.7 Å². The van der Waals surface area contributed by atoms with Crippen LogP contribution in [-0.4, -0.2) is 28.8 Å². The Morgan fingerprint density at radius 2 is 1.86 bits per heavy atom. The van der Waals surface area contributed by atoms with Gasteiger partial charge in [-0.15, -0.1) is 0 Å². The fourth-order valence-corrected chi connectivity index (χ4v) is 1.72. The smallest absolute Gasteiger partial charge is 0.408 e. The molecule has 0 saturated carbocycles. The summed E-state index contributed by atoms with van der Waals surface area (Å²) in [6.45, 7) is 11.1. The van der Waals surface area contributed by atoms with Crippen LogP contribution in [0.4, 0.5) is 4.79 Å². The quantitative estimate of drug-likeness (QED) is 0.892. The summed E-state index contributed by atoms with van der Waals surface area (Å²) in [5.41, 5.74) is 1.24. The highest BCUT2D eigenvalue weighted by molar-refractivity contribution is 5.80. The van der Waals surface area contributed by atoms with Crippen LogP contribution in [0.5, 0.6) is 0 Å². The average Bonchev–Trinajstić information content (AvgIpc) is 2.38. The van der Waals surface area contributed by atoms with E-state index < -0.39 is 23.7 Å². The van der Waals surface area contributed by atoms with E-state index in [9.17, 15) is 14.7 Å². The van der Waals surface area contributed by atoms with Crippen molar-refractivity contribution in [3.05, 3.63) is 35.4 Å². The van der Waals surface area contributed by atoms with Crippen LogP contribution in [0.1, 0.15) is 45.7 Å². The molecule has 2 N–H and O–H groups in total. The van der Waals surface area contributed by atoms with Crippen molar-refractivity contribution in [2.24, 2.45) is 0 Å². The van der Waals surface area contributed by atoms with Gasteiger partial charge < -0.3 is 15.2 Å². The second-order valence-corrected chi connectivity index (χ2v) is 5.73. The van der Waals surface area contributed by atoms with E-state index in [1.165, 1.54) is 0 Å². The first kappa shape index (κ1) is 20.0. The number of benzene rings is 1. The van der Waals surface area contributed by atoms with Crippen molar-refractivity contribution in [3.63, 3.8) is 0 Å². The first-order chi connectivity index (χ1) is 10.2. The third kappa shape index (κ3) is 8.29. The van der Waals surface area contributed by atoms with Crippen LogP contribution >= 0.6 is 0 Å². The molecule has 0 fully saturated rings. The Bertz CT molecular complexity index is 492. The highest BCUT2D eigenvalue weighted by Gasteiger charge is 2.24. The predicted molar refractivity (Wildman–Crippen MR) is 87.0 cm³/mol. The first-order valence-corrected chi connectivity index (χ1v) is 7.45. The number of aryl methyl sites for hydroxylation is 1. The van der Waals surface area contributed by atoms with E-state index in [-0.39, 0.29) is 6.42 Å². The van der Waals surface area contributed by atoms with Gasteiger partial charge in [0.1, 0.15) is 11.6 Å². The molecule has 0 spiro atoms. The Morgan fingerprint density at radius 1 is 1.27 bits per heavy atom. The summed E-state index contributed by atoms with van der Waals surface area (Å²) < 4.78 is 5.07. The molecule has 0 aliphatic rings. The zero-order valence-corrected chi connectivity index (χ0v) is 14.3. The van der Waals surface area contributed by atoms with Gasteiger partial charge in [0.05, 0.1) is 0 Å². The maximum absolute atomic E-state index is 11.6. The number of ether oxygens (including phenoxy) is 1. The minimum Gasteiger partial charge on any atom is -0.480 e. The van der Waals surface area contributed by atoms with Crippen molar-refractivity contribution >= 4 is 12.1 Å². The average molecular weight is 309 g/mol. The molecule has 0 saturated heterocycles. The predicted octanol–water partition coefficient (Wildman–Crippen LogP) is 3.54. The molecule has 0 aromatic heterocycles. The largest absolute Gasteiger partial charge is 0.480 e. The lowest BCUT2D eigenvalue weighted by atomic mass is 10.0. The molecule has 1 amide bonds. The number of carboxylic acid groups (broad SMARTS) is 1. The summed E-state index contributed by atoms with van der Waals surface area (Å²) in [5, 5.41) is 11.6. The zero-order chi connectivity index (χ0) is 17.3. The van der Waals surface area contributed by atoms with Crippen LogP contribution in [0.3, 0.4) is 0 Å². The molecule has 0 aliphatic carbocycles. The van der Waals surface area contributed by atoms with Crippen molar-refractivity contribution in [2.75, 3.05) is 0 Å². The summed E-state index contributed by atoms with van der Waals surface area (Å²) in [6.07, 6.45) is -0.506. The van der Waals surface area contributed by atoms with E-state index in [1.54, 1.807) is 20.8 Å². The van der Waals surface area contributed by atoms with Gasteiger partial charge in [-0.3, -0.25) is 0 Å². The molecule has 1 rings (SSSR count). The molecule has 22 heavy (non-hydrogen) atoms. The molecule has 1 aromatic carbocycles. The number of amides is 1. The van der Waals surface area contributed by atoms with Crippen LogP contribution in [0.25, 0.3) is 0 Å². The van der Waals surface area contributed by atoms with E-state index >= 15 is 0 Å². The maximum atomic E-state index is 11.6. The highest BCUT2D eigenvalue weighted by atomic mass is 16.6. The van der Waals surface area contributed by atoms with Gasteiger partial charge >= 0.3 is 12.1 Å². The number of hydrogen-bond acceptors (Lipinski definition) is 3. The molecule has 5 nitrogen and oxygen atoms in total. The number of carboxylic acids is 1. The normalized spacial score (nSPS) is 11.7. The monoisotopic (exact) mass is 309 g/mol.